The number of hydrogen-bond acceptors (Lipinski definition) is 4. The van der Waals surface area contributed by atoms with Crippen LogP contribution in [0.25, 0.3) is 0 Å². The quantitative estimate of drug-likeness (QED) is 0.660. The largest absolute Gasteiger partial charge is 0.379 e. The molecule has 19 heavy (non-hydrogen) atoms. The molecular weight excluding hydrogens is 242 g/mol. The lowest BCUT2D eigenvalue weighted by molar-refractivity contribution is -0.384. The highest BCUT2D eigenvalue weighted by molar-refractivity contribution is 5.59. The van der Waals surface area contributed by atoms with E-state index in [0.29, 0.717) is 12.2 Å². The van der Waals surface area contributed by atoms with Crippen LogP contribution in [0.5, 0.6) is 0 Å². The van der Waals surface area contributed by atoms with Crippen LogP contribution in [0.3, 0.4) is 0 Å². The van der Waals surface area contributed by atoms with Gasteiger partial charge in [-0.25, -0.2) is 0 Å². The Labute approximate surface area is 111 Å². The molecule has 0 aliphatic carbocycles. The summed E-state index contributed by atoms with van der Waals surface area (Å²) in [5, 5.41) is 13.9. The van der Waals surface area contributed by atoms with E-state index in [1.165, 1.54) is 17.3 Å². The number of anilines is 1. The molecule has 1 aromatic heterocycles. The molecule has 0 atom stereocenters. The van der Waals surface area contributed by atoms with Crippen LogP contribution < -0.4 is 5.32 Å². The molecule has 0 aliphatic rings. The highest BCUT2D eigenvalue weighted by Gasteiger charge is 2.12. The maximum atomic E-state index is 10.8. The lowest BCUT2D eigenvalue weighted by Gasteiger charge is -2.08. The molecule has 0 saturated heterocycles. The highest BCUT2D eigenvalue weighted by atomic mass is 16.6. The Morgan fingerprint density at radius 2 is 2.11 bits per heavy atom. The smallest absolute Gasteiger partial charge is 0.310 e. The zero-order valence-electron chi connectivity index (χ0n) is 10.7. The van der Waals surface area contributed by atoms with E-state index < -0.39 is 4.92 Å². The van der Waals surface area contributed by atoms with Gasteiger partial charge in [0.25, 0.3) is 0 Å². The van der Waals surface area contributed by atoms with Crippen molar-refractivity contribution in [2.45, 2.75) is 13.3 Å². The molecule has 0 saturated carbocycles. The summed E-state index contributed by atoms with van der Waals surface area (Å²) < 4.78 is 0. The zero-order chi connectivity index (χ0) is 13.7. The van der Waals surface area contributed by atoms with Gasteiger partial charge in [0.2, 0.25) is 0 Å². The van der Waals surface area contributed by atoms with Crippen LogP contribution in [-0.4, -0.2) is 16.5 Å². The number of aromatic nitrogens is 1. The summed E-state index contributed by atoms with van der Waals surface area (Å²) in [6.45, 7) is 2.71. The van der Waals surface area contributed by atoms with Crippen molar-refractivity contribution in [3.8, 4) is 0 Å². The average molecular weight is 257 g/mol. The lowest BCUT2D eigenvalue weighted by atomic mass is 10.1. The highest BCUT2D eigenvalue weighted by Crippen LogP contribution is 2.21. The average Bonchev–Trinajstić information content (AvgIpc) is 2.41. The second kappa shape index (κ2) is 5.95. The van der Waals surface area contributed by atoms with Gasteiger partial charge in [0.15, 0.2) is 0 Å². The molecule has 0 amide bonds. The fraction of sp³-hybridized carbons (Fsp3) is 0.214. The summed E-state index contributed by atoms with van der Waals surface area (Å²) in [6.07, 6.45) is 3.63. The van der Waals surface area contributed by atoms with Gasteiger partial charge in [-0.2, -0.15) is 0 Å². The van der Waals surface area contributed by atoms with Crippen LogP contribution in [0.1, 0.15) is 11.1 Å². The molecule has 5 heteroatoms. The molecule has 98 valence electrons. The van der Waals surface area contributed by atoms with E-state index in [-0.39, 0.29) is 5.69 Å². The topological polar surface area (TPSA) is 68.1 Å². The van der Waals surface area contributed by atoms with Crippen molar-refractivity contribution in [2.24, 2.45) is 0 Å². The fourth-order valence-corrected chi connectivity index (χ4v) is 1.90. The number of hydrogen-bond donors (Lipinski definition) is 1. The predicted octanol–water partition coefficient (Wildman–Crippen LogP) is 2.95. The predicted molar refractivity (Wildman–Crippen MR) is 74.3 cm³/mol. The van der Waals surface area contributed by atoms with Crippen LogP contribution in [0.15, 0.2) is 42.7 Å². The van der Waals surface area contributed by atoms with Gasteiger partial charge in [-0.15, -0.1) is 0 Å². The molecule has 0 spiro atoms. The third-order valence-corrected chi connectivity index (χ3v) is 2.97. The van der Waals surface area contributed by atoms with E-state index in [0.717, 1.165) is 6.42 Å². The summed E-state index contributed by atoms with van der Waals surface area (Å²) in [5.41, 5.74) is 2.99. The first-order valence-corrected chi connectivity index (χ1v) is 6.05. The summed E-state index contributed by atoms with van der Waals surface area (Å²) in [7, 11) is 0. The van der Waals surface area contributed by atoms with Crippen LogP contribution in [0, 0.1) is 17.0 Å². The van der Waals surface area contributed by atoms with E-state index in [1.54, 1.807) is 12.3 Å². The van der Waals surface area contributed by atoms with Gasteiger partial charge < -0.3 is 5.32 Å². The minimum absolute atomic E-state index is 0.00674. The summed E-state index contributed by atoms with van der Waals surface area (Å²) in [6, 6.07) is 9.75. The molecular formula is C14H15N3O2. The minimum Gasteiger partial charge on any atom is -0.379 e. The zero-order valence-corrected chi connectivity index (χ0v) is 10.7. The maximum Gasteiger partial charge on any atom is 0.310 e. The summed E-state index contributed by atoms with van der Waals surface area (Å²) >= 11 is 0. The van der Waals surface area contributed by atoms with Crippen LogP contribution >= 0.6 is 0 Å². The normalized spacial score (nSPS) is 10.2. The Kier molecular flexibility index (Phi) is 4.07. The molecule has 0 bridgehead atoms. The van der Waals surface area contributed by atoms with Gasteiger partial charge in [0.05, 0.1) is 4.92 Å². The van der Waals surface area contributed by atoms with E-state index in [2.05, 4.69) is 29.4 Å². The van der Waals surface area contributed by atoms with Crippen molar-refractivity contribution >= 4 is 11.4 Å². The van der Waals surface area contributed by atoms with Crippen molar-refractivity contribution < 1.29 is 4.92 Å². The number of rotatable bonds is 5. The first-order chi connectivity index (χ1) is 9.18. The number of nitrogens with zero attached hydrogens (tertiary/aromatic N) is 2. The number of benzene rings is 1. The van der Waals surface area contributed by atoms with Crippen molar-refractivity contribution in [1.82, 2.24) is 4.98 Å². The Balaban J connectivity index is 2.00. The molecule has 0 radical (unpaired) electrons. The Hall–Kier alpha value is -2.43. The number of nitrogens with one attached hydrogen (secondary N) is 1. The Bertz CT molecular complexity index is 584. The number of aryl methyl sites for hydroxylation is 1. The van der Waals surface area contributed by atoms with E-state index in [9.17, 15) is 10.1 Å². The SMILES string of the molecule is Cc1ccccc1CCNc1ccncc1[N+](=O)[O-]. The van der Waals surface area contributed by atoms with E-state index in [1.807, 2.05) is 12.1 Å². The van der Waals surface area contributed by atoms with Gasteiger partial charge >= 0.3 is 5.69 Å². The van der Waals surface area contributed by atoms with Gasteiger partial charge in [-0.3, -0.25) is 15.1 Å². The second-order valence-electron chi connectivity index (χ2n) is 4.25. The number of pyridine rings is 1. The van der Waals surface area contributed by atoms with E-state index in [4.69, 9.17) is 0 Å². The van der Waals surface area contributed by atoms with Crippen molar-refractivity contribution in [2.75, 3.05) is 11.9 Å². The molecule has 0 unspecified atom stereocenters. The summed E-state index contributed by atoms with van der Waals surface area (Å²) in [4.78, 5) is 14.2. The first kappa shape index (κ1) is 13.0. The van der Waals surface area contributed by atoms with Crippen molar-refractivity contribution in [3.63, 3.8) is 0 Å². The van der Waals surface area contributed by atoms with Gasteiger partial charge in [-0.05, 0) is 30.5 Å². The molecule has 2 rings (SSSR count). The van der Waals surface area contributed by atoms with Crippen molar-refractivity contribution in [1.29, 1.82) is 0 Å². The van der Waals surface area contributed by atoms with Gasteiger partial charge in [0, 0.05) is 12.7 Å². The Morgan fingerprint density at radius 3 is 2.84 bits per heavy atom. The molecule has 0 fully saturated rings. The minimum atomic E-state index is -0.427. The van der Waals surface area contributed by atoms with E-state index >= 15 is 0 Å². The van der Waals surface area contributed by atoms with Gasteiger partial charge in [-0.1, -0.05) is 24.3 Å². The van der Waals surface area contributed by atoms with Crippen LogP contribution in [-0.2, 0) is 6.42 Å². The Morgan fingerprint density at radius 1 is 1.32 bits per heavy atom. The van der Waals surface area contributed by atoms with Crippen LogP contribution in [0.4, 0.5) is 11.4 Å². The fourth-order valence-electron chi connectivity index (χ4n) is 1.90. The third kappa shape index (κ3) is 3.28. The summed E-state index contributed by atoms with van der Waals surface area (Å²) in [5.74, 6) is 0. The molecule has 1 N–H and O–H groups in total. The molecule has 0 aliphatic heterocycles. The lowest BCUT2D eigenvalue weighted by Crippen LogP contribution is -2.07. The molecule has 5 nitrogen and oxygen atoms in total. The monoisotopic (exact) mass is 257 g/mol. The van der Waals surface area contributed by atoms with Crippen LogP contribution in [0.2, 0.25) is 0 Å². The van der Waals surface area contributed by atoms with Crippen molar-refractivity contribution in [3.05, 3.63) is 64.0 Å². The maximum absolute atomic E-state index is 10.8. The third-order valence-electron chi connectivity index (χ3n) is 2.97. The standard InChI is InChI=1S/C14H15N3O2/c1-11-4-2-3-5-12(11)6-9-16-13-7-8-15-10-14(13)17(18)19/h2-5,7-8,10H,6,9H2,1H3,(H,15,16). The molecule has 2 aromatic rings. The van der Waals surface area contributed by atoms with Gasteiger partial charge in [0.1, 0.15) is 11.9 Å². The second-order valence-corrected chi connectivity index (χ2v) is 4.25. The molecule has 1 heterocycles. The number of nitro groups is 1. The molecule has 1 aromatic carbocycles. The first-order valence-electron chi connectivity index (χ1n) is 6.05.